The Morgan fingerprint density at radius 3 is 3.09 bits per heavy atom. The molecule has 2 rings (SSSR count). The smallest absolute Gasteiger partial charge is 0.157 e. The largest absolute Gasteiger partial charge is 0.235 e. The maximum atomic E-state index is 5.80. The van der Waals surface area contributed by atoms with Crippen molar-refractivity contribution >= 4 is 33.0 Å². The standard InChI is InChI=1S/C6H3BrClN3/c7-4-1-2-11-5(4)6(8)9-3-10-11/h1-3H. The topological polar surface area (TPSA) is 30.2 Å². The van der Waals surface area contributed by atoms with Crippen LogP contribution in [0, 0.1) is 0 Å². The van der Waals surface area contributed by atoms with Gasteiger partial charge >= 0.3 is 0 Å². The zero-order valence-corrected chi connectivity index (χ0v) is 7.67. The molecule has 0 aliphatic carbocycles. The molecule has 0 saturated carbocycles. The Bertz CT molecular complexity index is 398. The maximum Gasteiger partial charge on any atom is 0.157 e. The molecule has 0 saturated heterocycles. The first kappa shape index (κ1) is 7.06. The van der Waals surface area contributed by atoms with Crippen molar-refractivity contribution in [3.8, 4) is 0 Å². The van der Waals surface area contributed by atoms with Crippen LogP contribution in [0.25, 0.3) is 5.52 Å². The summed E-state index contributed by atoms with van der Waals surface area (Å²) in [4.78, 5) is 3.84. The van der Waals surface area contributed by atoms with Crippen molar-refractivity contribution in [3.05, 3.63) is 28.2 Å². The summed E-state index contributed by atoms with van der Waals surface area (Å²) < 4.78 is 2.57. The number of nitrogens with zero attached hydrogens (tertiary/aromatic N) is 3. The second kappa shape index (κ2) is 2.46. The fraction of sp³-hybridized carbons (Fsp3) is 0. The molecular formula is C6H3BrClN3. The average Bonchev–Trinajstić information content (AvgIpc) is 2.34. The molecule has 0 unspecified atom stereocenters. The molecule has 0 radical (unpaired) electrons. The summed E-state index contributed by atoms with van der Waals surface area (Å²) in [6.07, 6.45) is 3.23. The molecule has 5 heteroatoms. The van der Waals surface area contributed by atoms with Crippen LogP contribution in [-0.2, 0) is 0 Å². The van der Waals surface area contributed by atoms with Gasteiger partial charge in [-0.05, 0) is 22.0 Å². The zero-order valence-electron chi connectivity index (χ0n) is 5.33. The van der Waals surface area contributed by atoms with E-state index in [0.717, 1.165) is 9.99 Å². The van der Waals surface area contributed by atoms with Gasteiger partial charge in [0.2, 0.25) is 0 Å². The predicted molar refractivity (Wildman–Crippen MR) is 45.7 cm³/mol. The molecule has 0 bridgehead atoms. The lowest BCUT2D eigenvalue weighted by molar-refractivity contribution is 0.903. The van der Waals surface area contributed by atoms with Crippen LogP contribution in [0.3, 0.4) is 0 Å². The van der Waals surface area contributed by atoms with Gasteiger partial charge in [0.15, 0.2) is 5.15 Å². The van der Waals surface area contributed by atoms with E-state index >= 15 is 0 Å². The summed E-state index contributed by atoms with van der Waals surface area (Å²) in [7, 11) is 0. The summed E-state index contributed by atoms with van der Waals surface area (Å²) in [5.74, 6) is 0. The fourth-order valence-corrected chi connectivity index (χ4v) is 1.72. The van der Waals surface area contributed by atoms with Crippen LogP contribution >= 0.6 is 27.5 Å². The van der Waals surface area contributed by atoms with Gasteiger partial charge in [-0.1, -0.05) is 11.6 Å². The van der Waals surface area contributed by atoms with Gasteiger partial charge in [0, 0.05) is 10.7 Å². The molecule has 0 atom stereocenters. The van der Waals surface area contributed by atoms with Crippen LogP contribution < -0.4 is 0 Å². The summed E-state index contributed by atoms with van der Waals surface area (Å²) in [5, 5.41) is 4.41. The number of aromatic nitrogens is 3. The Morgan fingerprint density at radius 2 is 2.36 bits per heavy atom. The van der Waals surface area contributed by atoms with Crippen molar-refractivity contribution in [2.45, 2.75) is 0 Å². The molecule has 2 heterocycles. The minimum atomic E-state index is 0.455. The average molecular weight is 232 g/mol. The lowest BCUT2D eigenvalue weighted by Gasteiger charge is -1.93. The Morgan fingerprint density at radius 1 is 1.55 bits per heavy atom. The van der Waals surface area contributed by atoms with Crippen molar-refractivity contribution in [1.29, 1.82) is 0 Å². The van der Waals surface area contributed by atoms with Crippen molar-refractivity contribution in [2.24, 2.45) is 0 Å². The molecule has 11 heavy (non-hydrogen) atoms. The molecule has 0 aromatic carbocycles. The van der Waals surface area contributed by atoms with Crippen LogP contribution in [0.2, 0.25) is 5.15 Å². The number of rotatable bonds is 0. The number of hydrogen-bond acceptors (Lipinski definition) is 2. The number of halogens is 2. The molecular weight excluding hydrogens is 229 g/mol. The normalized spacial score (nSPS) is 10.7. The minimum absolute atomic E-state index is 0.455. The molecule has 0 fully saturated rings. The van der Waals surface area contributed by atoms with Crippen molar-refractivity contribution in [2.75, 3.05) is 0 Å². The van der Waals surface area contributed by atoms with Crippen molar-refractivity contribution < 1.29 is 0 Å². The van der Waals surface area contributed by atoms with E-state index < -0.39 is 0 Å². The highest BCUT2D eigenvalue weighted by atomic mass is 79.9. The summed E-state index contributed by atoms with van der Waals surface area (Å²) in [6.45, 7) is 0. The second-order valence-corrected chi connectivity index (χ2v) is 3.22. The van der Waals surface area contributed by atoms with Gasteiger partial charge < -0.3 is 0 Å². The molecule has 0 amide bonds. The number of hydrogen-bond donors (Lipinski definition) is 0. The van der Waals surface area contributed by atoms with Gasteiger partial charge in [0.05, 0.1) is 0 Å². The van der Waals surface area contributed by atoms with E-state index in [0.29, 0.717) is 5.15 Å². The molecule has 2 aromatic rings. The highest BCUT2D eigenvalue weighted by Crippen LogP contribution is 2.23. The third kappa shape index (κ3) is 1.02. The fourth-order valence-electron chi connectivity index (χ4n) is 0.882. The van der Waals surface area contributed by atoms with Crippen LogP contribution in [0.5, 0.6) is 0 Å². The van der Waals surface area contributed by atoms with E-state index in [2.05, 4.69) is 26.0 Å². The van der Waals surface area contributed by atoms with Crippen molar-refractivity contribution in [3.63, 3.8) is 0 Å². The van der Waals surface area contributed by atoms with E-state index in [4.69, 9.17) is 11.6 Å². The molecule has 0 spiro atoms. The first-order valence-corrected chi connectivity index (χ1v) is 4.09. The molecule has 0 aliphatic heterocycles. The summed E-state index contributed by atoms with van der Waals surface area (Å²) in [5.41, 5.74) is 0.800. The van der Waals surface area contributed by atoms with Gasteiger partial charge in [-0.2, -0.15) is 5.10 Å². The van der Waals surface area contributed by atoms with E-state index in [1.807, 2.05) is 12.3 Å². The van der Waals surface area contributed by atoms with Gasteiger partial charge in [-0.25, -0.2) is 9.50 Å². The third-order valence-corrected chi connectivity index (χ3v) is 2.28. The van der Waals surface area contributed by atoms with Crippen LogP contribution in [-0.4, -0.2) is 14.6 Å². The summed E-state index contributed by atoms with van der Waals surface area (Å²) >= 11 is 9.13. The van der Waals surface area contributed by atoms with Crippen LogP contribution in [0.4, 0.5) is 0 Å². The Balaban J connectivity index is 2.96. The van der Waals surface area contributed by atoms with E-state index in [1.54, 1.807) is 4.52 Å². The predicted octanol–water partition coefficient (Wildman–Crippen LogP) is 2.15. The Hall–Kier alpha value is -0.610. The van der Waals surface area contributed by atoms with E-state index in [1.165, 1.54) is 6.33 Å². The molecule has 56 valence electrons. The highest BCUT2D eigenvalue weighted by molar-refractivity contribution is 9.10. The second-order valence-electron chi connectivity index (χ2n) is 2.01. The first-order valence-electron chi connectivity index (χ1n) is 2.92. The summed E-state index contributed by atoms with van der Waals surface area (Å²) in [6, 6.07) is 1.87. The van der Waals surface area contributed by atoms with E-state index in [9.17, 15) is 0 Å². The lowest BCUT2D eigenvalue weighted by Crippen LogP contribution is -1.90. The van der Waals surface area contributed by atoms with E-state index in [-0.39, 0.29) is 0 Å². The van der Waals surface area contributed by atoms with Gasteiger partial charge in [0.1, 0.15) is 11.8 Å². The van der Waals surface area contributed by atoms with Crippen LogP contribution in [0.15, 0.2) is 23.1 Å². The lowest BCUT2D eigenvalue weighted by atomic mass is 10.5. The molecule has 0 N–H and O–H groups in total. The zero-order chi connectivity index (χ0) is 7.84. The molecule has 2 aromatic heterocycles. The number of fused-ring (bicyclic) bond motifs is 1. The monoisotopic (exact) mass is 231 g/mol. The van der Waals surface area contributed by atoms with Gasteiger partial charge in [-0.3, -0.25) is 0 Å². The van der Waals surface area contributed by atoms with Gasteiger partial charge in [-0.15, -0.1) is 0 Å². The van der Waals surface area contributed by atoms with Gasteiger partial charge in [0.25, 0.3) is 0 Å². The minimum Gasteiger partial charge on any atom is -0.235 e. The van der Waals surface area contributed by atoms with Crippen LogP contribution in [0.1, 0.15) is 0 Å². The molecule has 0 aliphatic rings. The highest BCUT2D eigenvalue weighted by Gasteiger charge is 2.04. The maximum absolute atomic E-state index is 5.80. The first-order chi connectivity index (χ1) is 5.29. The SMILES string of the molecule is Clc1ncnn2ccc(Br)c12. The molecule has 3 nitrogen and oxygen atoms in total. The Labute approximate surface area is 76.1 Å². The third-order valence-electron chi connectivity index (χ3n) is 1.36. The Kier molecular flexibility index (Phi) is 1.58. The van der Waals surface area contributed by atoms with Crippen molar-refractivity contribution in [1.82, 2.24) is 14.6 Å². The quantitative estimate of drug-likeness (QED) is 0.697.